The van der Waals surface area contributed by atoms with E-state index in [0.717, 1.165) is 0 Å². The first-order chi connectivity index (χ1) is 7.20. The molecule has 7 heteroatoms. The van der Waals surface area contributed by atoms with Gasteiger partial charge in [-0.15, -0.1) is 69.6 Å². The first-order valence-electron chi connectivity index (χ1n) is 4.51. The maximum Gasteiger partial charge on any atom is 0.126 e. The Bertz CT molecular complexity index is 174. The lowest BCUT2D eigenvalue weighted by molar-refractivity contribution is -0.114. The van der Waals surface area contributed by atoms with E-state index in [4.69, 9.17) is 69.6 Å². The van der Waals surface area contributed by atoms with Crippen LogP contribution in [0.3, 0.4) is 0 Å². The predicted molar refractivity (Wildman–Crippen MR) is 74.2 cm³/mol. The molecule has 0 unspecified atom stereocenters. The van der Waals surface area contributed by atoms with Crippen molar-refractivity contribution in [1.29, 1.82) is 0 Å². The van der Waals surface area contributed by atoms with Gasteiger partial charge in [-0.25, -0.2) is 0 Å². The van der Waals surface area contributed by atoms with Crippen molar-refractivity contribution in [2.24, 2.45) is 0 Å². The molecule has 1 nitrogen and oxygen atoms in total. The molecule has 1 rings (SSSR count). The minimum absolute atomic E-state index is 0.167. The molecule has 0 aromatic heterocycles. The van der Waals surface area contributed by atoms with E-state index < -0.39 is 32.3 Å². The van der Waals surface area contributed by atoms with Crippen LogP contribution in [-0.2, 0) is 4.79 Å². The Morgan fingerprint density at radius 1 is 0.625 bits per heavy atom. The van der Waals surface area contributed by atoms with E-state index in [0.29, 0.717) is 0 Å². The second-order valence-corrected chi connectivity index (χ2v) is 6.60. The number of Topliss-reactive ketones (excluding diaryl/α,β-unsaturated/α-hetero) is 1. The molecule has 1 fully saturated rings. The van der Waals surface area contributed by atoms with E-state index in [9.17, 15) is 4.79 Å². The van der Waals surface area contributed by atoms with Gasteiger partial charge in [0.15, 0.2) is 0 Å². The van der Waals surface area contributed by atoms with Gasteiger partial charge in [-0.2, -0.15) is 0 Å². The van der Waals surface area contributed by atoms with Crippen molar-refractivity contribution >= 4 is 75.4 Å². The quantitative estimate of drug-likeness (QED) is 0.598. The minimum atomic E-state index is -0.437. The molecule has 1 aliphatic carbocycles. The fourth-order valence-electron chi connectivity index (χ4n) is 1.05. The third kappa shape index (κ3) is 4.96. The summed E-state index contributed by atoms with van der Waals surface area (Å²) in [7, 11) is 0. The molecule has 0 heterocycles. The third-order valence-electron chi connectivity index (χ3n) is 1.83. The highest BCUT2D eigenvalue weighted by Gasteiger charge is 2.46. The van der Waals surface area contributed by atoms with Crippen LogP contribution in [0, 0.1) is 0 Å². The smallest absolute Gasteiger partial charge is 0.126 e. The molecule has 0 N–H and O–H groups in total. The highest BCUT2D eigenvalue weighted by atomic mass is 35.5. The second-order valence-electron chi connectivity index (χ2n) is 3.57. The van der Waals surface area contributed by atoms with Crippen molar-refractivity contribution in [2.75, 3.05) is 0 Å². The van der Waals surface area contributed by atoms with Gasteiger partial charge in [0, 0.05) is 0 Å². The van der Waals surface area contributed by atoms with Gasteiger partial charge >= 0.3 is 0 Å². The van der Waals surface area contributed by atoms with Gasteiger partial charge in [0.05, 0.1) is 32.3 Å². The van der Waals surface area contributed by atoms with Gasteiger partial charge < -0.3 is 4.79 Å². The Morgan fingerprint density at radius 2 is 0.688 bits per heavy atom. The normalized spacial score (nSPS) is 43.2. The molecule has 16 heavy (non-hydrogen) atoms. The van der Waals surface area contributed by atoms with E-state index in [1.54, 1.807) is 0 Å². The predicted octanol–water partition coefficient (Wildman–Crippen LogP) is 4.24. The zero-order chi connectivity index (χ0) is 13.0. The van der Waals surface area contributed by atoms with Crippen LogP contribution >= 0.6 is 69.6 Å². The molecule has 0 bridgehead atoms. The number of carbonyl (C=O) groups is 1. The molecule has 0 saturated heterocycles. The van der Waals surface area contributed by atoms with Crippen LogP contribution in [0.4, 0.5) is 0 Å². The number of hydrogen-bond acceptors (Lipinski definition) is 1. The van der Waals surface area contributed by atoms with Crippen LogP contribution in [0.15, 0.2) is 0 Å². The van der Waals surface area contributed by atoms with Gasteiger partial charge in [0.1, 0.15) is 5.78 Å². The first-order valence-corrected chi connectivity index (χ1v) is 7.13. The molecule has 0 aromatic rings. The number of hydrogen-bond donors (Lipinski definition) is 0. The Hall–Kier alpha value is 1.41. The van der Waals surface area contributed by atoms with Crippen molar-refractivity contribution < 1.29 is 4.79 Å². The molecule has 0 radical (unpaired) electrons. The molecule has 0 atom stereocenters. The summed E-state index contributed by atoms with van der Waals surface area (Å²) in [6.45, 7) is 3.06. The minimum Gasteiger partial charge on any atom is -0.300 e. The molecule has 0 spiro atoms. The van der Waals surface area contributed by atoms with Gasteiger partial charge in [-0.3, -0.25) is 0 Å². The van der Waals surface area contributed by atoms with E-state index >= 15 is 0 Å². The van der Waals surface area contributed by atoms with Crippen molar-refractivity contribution in [3.8, 4) is 0 Å². The molecule has 96 valence electrons. The molecule has 0 aliphatic heterocycles. The zero-order valence-corrected chi connectivity index (χ0v) is 13.2. The van der Waals surface area contributed by atoms with E-state index in [2.05, 4.69) is 0 Å². The standard InChI is InChI=1S/C6H6Cl6.C3H6O/c7-1-2(8)4(10)6(12)5(11)3(1)9;1-3(2)4/h1-6H;1-2H3/t1-,2-,3-,4+,5+,6+;. The summed E-state index contributed by atoms with van der Waals surface area (Å²) in [6, 6.07) is 0. The van der Waals surface area contributed by atoms with Crippen LogP contribution in [0.5, 0.6) is 0 Å². The number of ketones is 1. The molecule has 1 aliphatic rings. The second kappa shape index (κ2) is 7.76. The molecule has 1 saturated carbocycles. The Balaban J connectivity index is 0.000000487. The summed E-state index contributed by atoms with van der Waals surface area (Å²) >= 11 is 35.3. The number of rotatable bonds is 0. The Kier molecular flexibility index (Phi) is 8.44. The van der Waals surface area contributed by atoms with E-state index in [1.165, 1.54) is 13.8 Å². The third-order valence-corrected chi connectivity index (χ3v) is 5.86. The van der Waals surface area contributed by atoms with E-state index in [1.807, 2.05) is 0 Å². The Labute approximate surface area is 126 Å². The lowest BCUT2D eigenvalue weighted by Crippen LogP contribution is -2.52. The summed E-state index contributed by atoms with van der Waals surface area (Å²) in [5.41, 5.74) is 0. The van der Waals surface area contributed by atoms with Crippen molar-refractivity contribution in [3.05, 3.63) is 0 Å². The number of alkyl halides is 6. The van der Waals surface area contributed by atoms with Crippen LogP contribution in [0.25, 0.3) is 0 Å². The lowest BCUT2D eigenvalue weighted by atomic mass is 9.97. The molecule has 0 aromatic carbocycles. The summed E-state index contributed by atoms with van der Waals surface area (Å²) in [6.07, 6.45) is 0. The van der Waals surface area contributed by atoms with Gasteiger partial charge in [0.25, 0.3) is 0 Å². The maximum absolute atomic E-state index is 9.44. The van der Waals surface area contributed by atoms with Crippen molar-refractivity contribution in [3.63, 3.8) is 0 Å². The summed E-state index contributed by atoms with van der Waals surface area (Å²) in [5.74, 6) is 0.167. The largest absolute Gasteiger partial charge is 0.300 e. The van der Waals surface area contributed by atoms with Crippen LogP contribution in [-0.4, -0.2) is 38.0 Å². The Morgan fingerprint density at radius 3 is 0.750 bits per heavy atom. The highest BCUT2D eigenvalue weighted by molar-refractivity contribution is 6.45. The lowest BCUT2D eigenvalue weighted by Gasteiger charge is -2.37. The van der Waals surface area contributed by atoms with Crippen LogP contribution in [0.1, 0.15) is 13.8 Å². The van der Waals surface area contributed by atoms with Gasteiger partial charge in [-0.05, 0) is 13.8 Å². The summed E-state index contributed by atoms with van der Waals surface area (Å²) in [5, 5.41) is -2.62. The van der Waals surface area contributed by atoms with Gasteiger partial charge in [-0.1, -0.05) is 0 Å². The van der Waals surface area contributed by atoms with Gasteiger partial charge in [0.2, 0.25) is 0 Å². The molecule has 0 amide bonds. The topological polar surface area (TPSA) is 17.1 Å². The number of halogens is 6. The maximum atomic E-state index is 9.44. The zero-order valence-electron chi connectivity index (χ0n) is 8.64. The monoisotopic (exact) mass is 346 g/mol. The van der Waals surface area contributed by atoms with Crippen LogP contribution in [0.2, 0.25) is 0 Å². The van der Waals surface area contributed by atoms with Crippen molar-refractivity contribution in [1.82, 2.24) is 0 Å². The van der Waals surface area contributed by atoms with Crippen molar-refractivity contribution in [2.45, 2.75) is 46.1 Å². The average molecular weight is 349 g/mol. The first kappa shape index (κ1) is 17.4. The fraction of sp³-hybridized carbons (Fsp3) is 0.889. The molecular formula is C9H12Cl6O. The fourth-order valence-corrected chi connectivity index (χ4v) is 3.38. The molecular weight excluding hydrogens is 337 g/mol. The average Bonchev–Trinajstić information content (AvgIpc) is 2.20. The highest BCUT2D eigenvalue weighted by Crippen LogP contribution is 2.39. The van der Waals surface area contributed by atoms with E-state index in [-0.39, 0.29) is 5.78 Å². The SMILES string of the molecule is CC(C)=O.Cl[C@H]1[C@H](Cl)[C@@H](Cl)[C@@H](Cl)[C@H](Cl)[C@H]1Cl. The summed E-state index contributed by atoms with van der Waals surface area (Å²) < 4.78 is 0. The number of carbonyl (C=O) groups excluding carboxylic acids is 1. The van der Waals surface area contributed by atoms with Crippen LogP contribution < -0.4 is 0 Å². The summed E-state index contributed by atoms with van der Waals surface area (Å²) in [4.78, 5) is 9.44.